The molecule has 2 heterocycles. The van der Waals surface area contributed by atoms with Gasteiger partial charge in [0.25, 0.3) is 0 Å². The van der Waals surface area contributed by atoms with Crippen molar-refractivity contribution in [3.8, 4) is 5.88 Å². The first kappa shape index (κ1) is 24.8. The molecule has 3 saturated carbocycles. The molecule has 3 fully saturated rings. The fourth-order valence-electron chi connectivity index (χ4n) is 8.08. The highest BCUT2D eigenvalue weighted by Crippen LogP contribution is 2.67. The van der Waals surface area contributed by atoms with Crippen molar-refractivity contribution in [2.24, 2.45) is 28.6 Å². The summed E-state index contributed by atoms with van der Waals surface area (Å²) in [7, 11) is 1.55. The summed E-state index contributed by atoms with van der Waals surface area (Å²) < 4.78 is 5.16. The van der Waals surface area contributed by atoms with Gasteiger partial charge in [0.1, 0.15) is 5.60 Å². The Balaban J connectivity index is 1.23. The predicted molar refractivity (Wildman–Crippen MR) is 139 cm³/mol. The number of aliphatic hydroxyl groups excluding tert-OH is 1. The van der Waals surface area contributed by atoms with Gasteiger partial charge in [-0.25, -0.2) is 4.98 Å². The number of hydrogen-bond donors (Lipinski definition) is 3. The lowest BCUT2D eigenvalue weighted by Gasteiger charge is -2.59. The van der Waals surface area contributed by atoms with Crippen LogP contribution >= 0.6 is 11.8 Å². The van der Waals surface area contributed by atoms with Crippen molar-refractivity contribution in [3.63, 3.8) is 0 Å². The van der Waals surface area contributed by atoms with Crippen molar-refractivity contribution in [2.45, 2.75) is 62.8 Å². The Morgan fingerprint density at radius 1 is 1.27 bits per heavy atom. The van der Waals surface area contributed by atoms with Crippen LogP contribution in [0.3, 0.4) is 0 Å². The van der Waals surface area contributed by atoms with E-state index in [0.29, 0.717) is 29.5 Å². The minimum absolute atomic E-state index is 0.0128. The number of methoxy groups -OCH3 is 1. The molecule has 196 valence electrons. The fraction of sp³-hybridized carbons (Fsp3) is 0.571. The number of allylic oxidation sites excluding steroid dienone is 4. The number of ether oxygens (including phenoxy) is 1. The molecule has 0 bridgehead atoms. The van der Waals surface area contributed by atoms with Gasteiger partial charge in [-0.1, -0.05) is 37.3 Å². The van der Waals surface area contributed by atoms with Gasteiger partial charge in [-0.2, -0.15) is 4.98 Å². The Bertz CT molecular complexity index is 1350. The maximum Gasteiger partial charge on any atom is 0.215 e. The van der Waals surface area contributed by atoms with E-state index in [1.54, 1.807) is 25.3 Å². The summed E-state index contributed by atoms with van der Waals surface area (Å²) in [6.45, 7) is 4.13. The maximum atomic E-state index is 13.6. The average molecular weight is 524 g/mol. The number of carbonyl (C=O) groups is 2. The van der Waals surface area contributed by atoms with Gasteiger partial charge in [-0.3, -0.25) is 9.59 Å². The number of H-pyrrole nitrogens is 1. The molecule has 2 aromatic rings. The lowest BCUT2D eigenvalue weighted by molar-refractivity contribution is -0.174. The van der Waals surface area contributed by atoms with E-state index < -0.39 is 17.1 Å². The van der Waals surface area contributed by atoms with Gasteiger partial charge in [-0.05, 0) is 62.2 Å². The summed E-state index contributed by atoms with van der Waals surface area (Å²) in [5.41, 5.74) is -0.209. The Morgan fingerprint density at radius 2 is 2.08 bits per heavy atom. The number of hydrogen-bond acceptors (Lipinski definition) is 8. The van der Waals surface area contributed by atoms with Crippen molar-refractivity contribution < 1.29 is 24.5 Å². The van der Waals surface area contributed by atoms with Crippen molar-refractivity contribution in [1.29, 1.82) is 0 Å². The molecule has 0 spiro atoms. The zero-order valence-electron chi connectivity index (χ0n) is 21.4. The number of Topliss-reactive ketones (excluding diaryl/α,β-unsaturated/α-hetero) is 1. The molecule has 0 radical (unpaired) electrons. The van der Waals surface area contributed by atoms with Crippen molar-refractivity contribution in [3.05, 3.63) is 35.9 Å². The van der Waals surface area contributed by atoms with Crippen LogP contribution in [0.1, 0.15) is 46.0 Å². The number of aromatic amines is 1. The highest BCUT2D eigenvalue weighted by Gasteiger charge is 2.67. The van der Waals surface area contributed by atoms with Crippen LogP contribution in [0.15, 0.2) is 41.1 Å². The molecule has 4 aliphatic carbocycles. The zero-order valence-corrected chi connectivity index (χ0v) is 22.2. The summed E-state index contributed by atoms with van der Waals surface area (Å²) in [6, 6.07) is 3.58. The SMILES string of the molecule is COc1ccc2[nH]c(SCC(=O)[C@@]3(O)CCC4C5CCC6=CC(=O)C=CC6(C)C5C(O)CC43C)nc2n1. The summed E-state index contributed by atoms with van der Waals surface area (Å²) >= 11 is 1.26. The van der Waals surface area contributed by atoms with E-state index in [9.17, 15) is 19.8 Å². The van der Waals surface area contributed by atoms with Gasteiger partial charge >= 0.3 is 0 Å². The van der Waals surface area contributed by atoms with Gasteiger partial charge in [0.2, 0.25) is 5.88 Å². The van der Waals surface area contributed by atoms with Crippen LogP contribution in [-0.4, -0.2) is 61.3 Å². The molecule has 8 nitrogen and oxygen atoms in total. The molecule has 0 aliphatic heterocycles. The second-order valence-corrected chi connectivity index (χ2v) is 12.6. The lowest BCUT2D eigenvalue weighted by atomic mass is 9.46. The smallest absolute Gasteiger partial charge is 0.215 e. The van der Waals surface area contributed by atoms with Crippen LogP contribution in [0.25, 0.3) is 11.2 Å². The number of carbonyl (C=O) groups excluding carboxylic acids is 2. The largest absolute Gasteiger partial charge is 0.481 e. The molecule has 4 aliphatic rings. The lowest BCUT2D eigenvalue weighted by Crippen LogP contribution is -2.61. The molecule has 37 heavy (non-hydrogen) atoms. The normalized spacial score (nSPS) is 38.6. The number of thioether (sulfide) groups is 1. The first-order valence-corrected chi connectivity index (χ1v) is 14.0. The standard InChI is InChI=1S/C28H33N3O5S/c1-26-10-8-16(32)12-15(26)4-5-17-18-9-11-28(35,27(18,2)13-20(33)23(17)26)21(34)14-37-25-29-19-6-7-22(36-3)30-24(19)31-25/h6-8,10,12,17-18,20,23,33,35H,4-5,9,11,13-14H2,1-3H3,(H,29,30,31)/t17?,18?,20?,23?,26?,27?,28-/m0/s1. The quantitative estimate of drug-likeness (QED) is 0.508. The van der Waals surface area contributed by atoms with E-state index in [4.69, 9.17) is 4.74 Å². The van der Waals surface area contributed by atoms with Crippen LogP contribution in [0, 0.1) is 28.6 Å². The van der Waals surface area contributed by atoms with Gasteiger partial charge in [0.05, 0.1) is 24.5 Å². The van der Waals surface area contributed by atoms with Crippen LogP contribution < -0.4 is 4.74 Å². The average Bonchev–Trinajstić information content (AvgIpc) is 3.40. The van der Waals surface area contributed by atoms with Gasteiger partial charge in [-0.15, -0.1) is 0 Å². The third kappa shape index (κ3) is 3.57. The third-order valence-corrected chi connectivity index (χ3v) is 10.8. The van der Waals surface area contributed by atoms with Crippen LogP contribution in [-0.2, 0) is 9.59 Å². The van der Waals surface area contributed by atoms with E-state index in [0.717, 1.165) is 30.4 Å². The summed E-state index contributed by atoms with van der Waals surface area (Å²) in [4.78, 5) is 37.6. The molecule has 0 aromatic carbocycles. The molecule has 7 atom stereocenters. The Morgan fingerprint density at radius 3 is 2.86 bits per heavy atom. The van der Waals surface area contributed by atoms with Crippen LogP contribution in [0.5, 0.6) is 5.88 Å². The van der Waals surface area contributed by atoms with Gasteiger partial charge in [0, 0.05) is 22.8 Å². The van der Waals surface area contributed by atoms with E-state index in [1.807, 2.05) is 19.1 Å². The van der Waals surface area contributed by atoms with Gasteiger partial charge < -0.3 is 19.9 Å². The van der Waals surface area contributed by atoms with Crippen molar-refractivity contribution >= 4 is 34.5 Å². The number of ketones is 2. The first-order chi connectivity index (χ1) is 17.6. The number of nitrogens with zero attached hydrogens (tertiary/aromatic N) is 2. The zero-order chi connectivity index (χ0) is 26.2. The van der Waals surface area contributed by atoms with Crippen molar-refractivity contribution in [2.75, 3.05) is 12.9 Å². The number of pyridine rings is 1. The molecule has 6 unspecified atom stereocenters. The molecule has 0 amide bonds. The Labute approximate surface area is 220 Å². The number of nitrogens with one attached hydrogen (secondary N) is 1. The van der Waals surface area contributed by atoms with Gasteiger partial charge in [0.15, 0.2) is 22.4 Å². The summed E-state index contributed by atoms with van der Waals surface area (Å²) in [5.74, 6) is 0.627. The molecule has 3 N–H and O–H groups in total. The van der Waals surface area contributed by atoms with Crippen LogP contribution in [0.4, 0.5) is 0 Å². The number of aliphatic hydroxyl groups is 2. The number of aromatic nitrogens is 3. The molecular formula is C28H33N3O5S. The molecule has 6 rings (SSSR count). The minimum atomic E-state index is -1.50. The molecule has 0 saturated heterocycles. The molecule has 9 heteroatoms. The highest BCUT2D eigenvalue weighted by atomic mass is 32.2. The van der Waals surface area contributed by atoms with Crippen molar-refractivity contribution in [1.82, 2.24) is 15.0 Å². The number of fused-ring (bicyclic) bond motifs is 6. The number of rotatable bonds is 5. The topological polar surface area (TPSA) is 125 Å². The second kappa shape index (κ2) is 8.51. The third-order valence-electron chi connectivity index (χ3n) is 9.96. The highest BCUT2D eigenvalue weighted by molar-refractivity contribution is 7.99. The second-order valence-electron chi connectivity index (χ2n) is 11.6. The van der Waals surface area contributed by atoms with E-state index in [-0.39, 0.29) is 40.5 Å². The molecule has 2 aromatic heterocycles. The summed E-state index contributed by atoms with van der Waals surface area (Å²) in [6.07, 6.45) is 7.87. The number of imidazole rings is 1. The summed E-state index contributed by atoms with van der Waals surface area (Å²) in [5, 5.41) is 24.0. The fourth-order valence-corrected chi connectivity index (χ4v) is 8.92. The van der Waals surface area contributed by atoms with E-state index >= 15 is 0 Å². The maximum absolute atomic E-state index is 13.6. The minimum Gasteiger partial charge on any atom is -0.481 e. The van der Waals surface area contributed by atoms with Crippen LogP contribution in [0.2, 0.25) is 0 Å². The monoisotopic (exact) mass is 523 g/mol. The predicted octanol–water partition coefficient (Wildman–Crippen LogP) is 3.64. The van der Waals surface area contributed by atoms with E-state index in [2.05, 4.69) is 21.9 Å². The Hall–Kier alpha value is -2.49. The first-order valence-electron chi connectivity index (χ1n) is 13.0. The Kier molecular flexibility index (Phi) is 5.71. The van der Waals surface area contributed by atoms with E-state index in [1.165, 1.54) is 11.8 Å². The molecular weight excluding hydrogens is 490 g/mol.